The van der Waals surface area contributed by atoms with E-state index in [0.717, 1.165) is 25.7 Å². The van der Waals surface area contributed by atoms with Gasteiger partial charge in [-0.25, -0.2) is 4.79 Å². The minimum absolute atomic E-state index is 0.0303. The number of rotatable bonds is 4. The van der Waals surface area contributed by atoms with Crippen LogP contribution in [0.1, 0.15) is 51.9 Å². The highest BCUT2D eigenvalue weighted by molar-refractivity contribution is 5.81. The third kappa shape index (κ3) is 3.64. The van der Waals surface area contributed by atoms with E-state index in [1.165, 1.54) is 19.3 Å². The van der Waals surface area contributed by atoms with E-state index >= 15 is 0 Å². The Hall–Kier alpha value is -1.26. The lowest BCUT2D eigenvalue weighted by atomic mass is 9.80. The standard InChI is InChI=1S/C15H27N3O2/c1-10(11-6-5-7-11)17-15(20)18-13-9-4-3-8-12(13)14(19)16-2/h10-13H,3-9H2,1-2H3,(H,16,19)(H2,17,18,20). The second-order valence-corrected chi connectivity index (χ2v) is 6.21. The number of hydrogen-bond donors (Lipinski definition) is 3. The van der Waals surface area contributed by atoms with Crippen molar-refractivity contribution in [1.82, 2.24) is 16.0 Å². The van der Waals surface area contributed by atoms with Crippen LogP contribution in [0.2, 0.25) is 0 Å². The largest absolute Gasteiger partial charge is 0.359 e. The van der Waals surface area contributed by atoms with Crippen molar-refractivity contribution in [1.29, 1.82) is 0 Å². The number of nitrogens with one attached hydrogen (secondary N) is 3. The molecule has 5 nitrogen and oxygen atoms in total. The molecular formula is C15H27N3O2. The predicted octanol–water partition coefficient (Wildman–Crippen LogP) is 1.78. The van der Waals surface area contributed by atoms with Crippen LogP contribution >= 0.6 is 0 Å². The molecule has 5 heteroatoms. The second kappa shape index (κ2) is 6.95. The molecule has 0 heterocycles. The maximum atomic E-state index is 12.1. The Kier molecular flexibility index (Phi) is 5.26. The van der Waals surface area contributed by atoms with Crippen LogP contribution in [0.5, 0.6) is 0 Å². The van der Waals surface area contributed by atoms with Crippen molar-refractivity contribution in [3.63, 3.8) is 0 Å². The van der Waals surface area contributed by atoms with Crippen LogP contribution in [-0.2, 0) is 4.79 Å². The molecule has 0 aromatic heterocycles. The van der Waals surface area contributed by atoms with Gasteiger partial charge in [-0.15, -0.1) is 0 Å². The summed E-state index contributed by atoms with van der Waals surface area (Å²) < 4.78 is 0. The summed E-state index contributed by atoms with van der Waals surface area (Å²) in [4.78, 5) is 23.9. The summed E-state index contributed by atoms with van der Waals surface area (Å²) in [5.41, 5.74) is 0. The molecule has 0 saturated heterocycles. The third-order valence-electron chi connectivity index (χ3n) is 4.88. The minimum Gasteiger partial charge on any atom is -0.359 e. The van der Waals surface area contributed by atoms with E-state index in [4.69, 9.17) is 0 Å². The van der Waals surface area contributed by atoms with E-state index in [9.17, 15) is 9.59 Å². The van der Waals surface area contributed by atoms with Crippen LogP contribution in [0.4, 0.5) is 4.79 Å². The molecule has 114 valence electrons. The molecule has 2 rings (SSSR count). The molecule has 0 aromatic rings. The van der Waals surface area contributed by atoms with Crippen molar-refractivity contribution >= 4 is 11.9 Å². The summed E-state index contributed by atoms with van der Waals surface area (Å²) >= 11 is 0. The summed E-state index contributed by atoms with van der Waals surface area (Å²) in [6, 6.07) is 0.0771. The van der Waals surface area contributed by atoms with Crippen molar-refractivity contribution in [2.75, 3.05) is 7.05 Å². The van der Waals surface area contributed by atoms with Gasteiger partial charge in [-0.2, -0.15) is 0 Å². The Morgan fingerprint density at radius 3 is 2.35 bits per heavy atom. The zero-order chi connectivity index (χ0) is 14.5. The van der Waals surface area contributed by atoms with Gasteiger partial charge in [-0.1, -0.05) is 19.3 Å². The zero-order valence-corrected chi connectivity index (χ0v) is 12.6. The first-order valence-corrected chi connectivity index (χ1v) is 7.90. The van der Waals surface area contributed by atoms with Crippen molar-refractivity contribution in [2.24, 2.45) is 11.8 Å². The number of urea groups is 1. The van der Waals surface area contributed by atoms with Crippen LogP contribution in [0, 0.1) is 11.8 Å². The molecule has 0 bridgehead atoms. The minimum atomic E-state index is -0.120. The average molecular weight is 281 g/mol. The number of hydrogen-bond acceptors (Lipinski definition) is 2. The Morgan fingerprint density at radius 1 is 1.05 bits per heavy atom. The maximum Gasteiger partial charge on any atom is 0.315 e. The molecule has 3 N–H and O–H groups in total. The first-order valence-electron chi connectivity index (χ1n) is 7.90. The molecule has 2 aliphatic rings. The fourth-order valence-electron chi connectivity index (χ4n) is 3.28. The summed E-state index contributed by atoms with van der Waals surface area (Å²) in [6.07, 6.45) is 7.61. The topological polar surface area (TPSA) is 70.2 Å². The van der Waals surface area contributed by atoms with Crippen LogP contribution in [0.3, 0.4) is 0 Å². The van der Waals surface area contributed by atoms with Crippen molar-refractivity contribution in [3.8, 4) is 0 Å². The van der Waals surface area contributed by atoms with Crippen molar-refractivity contribution in [2.45, 2.75) is 64.0 Å². The van der Waals surface area contributed by atoms with E-state index in [-0.39, 0.29) is 29.9 Å². The highest BCUT2D eigenvalue weighted by atomic mass is 16.2. The van der Waals surface area contributed by atoms with Gasteiger partial charge in [0, 0.05) is 19.1 Å². The van der Waals surface area contributed by atoms with Gasteiger partial charge in [0.1, 0.15) is 0 Å². The lowest BCUT2D eigenvalue weighted by Gasteiger charge is -2.34. The molecule has 2 saturated carbocycles. The molecular weight excluding hydrogens is 254 g/mol. The smallest absolute Gasteiger partial charge is 0.315 e. The van der Waals surface area contributed by atoms with Gasteiger partial charge in [0.15, 0.2) is 0 Å². The van der Waals surface area contributed by atoms with Gasteiger partial charge < -0.3 is 16.0 Å². The van der Waals surface area contributed by atoms with Crippen LogP contribution in [0.15, 0.2) is 0 Å². The Balaban J connectivity index is 1.82. The van der Waals surface area contributed by atoms with Crippen molar-refractivity contribution in [3.05, 3.63) is 0 Å². The molecule has 3 atom stereocenters. The van der Waals surface area contributed by atoms with Gasteiger partial charge in [0.05, 0.1) is 5.92 Å². The maximum absolute atomic E-state index is 12.1. The fourth-order valence-corrected chi connectivity index (χ4v) is 3.28. The first-order chi connectivity index (χ1) is 9.61. The van der Waals surface area contributed by atoms with Gasteiger partial charge in [0.2, 0.25) is 5.91 Å². The Bertz CT molecular complexity index is 355. The van der Waals surface area contributed by atoms with Gasteiger partial charge >= 0.3 is 6.03 Å². The third-order valence-corrected chi connectivity index (χ3v) is 4.88. The SMILES string of the molecule is CNC(=O)C1CCCCC1NC(=O)NC(C)C1CCC1. The average Bonchev–Trinajstić information content (AvgIpc) is 2.36. The molecule has 20 heavy (non-hydrogen) atoms. The molecule has 0 aromatic carbocycles. The lowest BCUT2D eigenvalue weighted by Crippen LogP contribution is -2.53. The lowest BCUT2D eigenvalue weighted by molar-refractivity contribution is -0.126. The molecule has 2 fully saturated rings. The normalized spacial score (nSPS) is 28.1. The predicted molar refractivity (Wildman–Crippen MR) is 78.3 cm³/mol. The summed E-state index contributed by atoms with van der Waals surface area (Å²) in [5.74, 6) is 0.586. The molecule has 3 amide bonds. The van der Waals surface area contributed by atoms with E-state index in [0.29, 0.717) is 5.92 Å². The second-order valence-electron chi connectivity index (χ2n) is 6.21. The summed E-state index contributed by atoms with van der Waals surface area (Å²) in [5, 5.41) is 8.74. The highest BCUT2D eigenvalue weighted by Crippen LogP contribution is 2.29. The highest BCUT2D eigenvalue weighted by Gasteiger charge is 2.32. The van der Waals surface area contributed by atoms with Crippen LogP contribution < -0.4 is 16.0 Å². The number of carbonyl (C=O) groups is 2. The van der Waals surface area contributed by atoms with E-state index < -0.39 is 0 Å². The monoisotopic (exact) mass is 281 g/mol. The molecule has 0 radical (unpaired) electrons. The number of amides is 3. The van der Waals surface area contributed by atoms with Crippen LogP contribution in [-0.4, -0.2) is 31.1 Å². The molecule has 0 spiro atoms. The first kappa shape index (κ1) is 15.1. The molecule has 0 aliphatic heterocycles. The van der Waals surface area contributed by atoms with Gasteiger partial charge in [-0.3, -0.25) is 4.79 Å². The fraction of sp³-hybridized carbons (Fsp3) is 0.867. The van der Waals surface area contributed by atoms with Gasteiger partial charge in [0.25, 0.3) is 0 Å². The van der Waals surface area contributed by atoms with Crippen LogP contribution in [0.25, 0.3) is 0 Å². The number of carbonyl (C=O) groups excluding carboxylic acids is 2. The summed E-state index contributed by atoms with van der Waals surface area (Å²) in [7, 11) is 1.66. The molecule has 3 unspecified atom stereocenters. The Labute approximate surface area is 121 Å². The van der Waals surface area contributed by atoms with E-state index in [2.05, 4.69) is 22.9 Å². The molecule has 2 aliphatic carbocycles. The van der Waals surface area contributed by atoms with Crippen molar-refractivity contribution < 1.29 is 9.59 Å². The quantitative estimate of drug-likeness (QED) is 0.735. The van der Waals surface area contributed by atoms with E-state index in [1.807, 2.05) is 0 Å². The summed E-state index contributed by atoms with van der Waals surface area (Å²) in [6.45, 7) is 2.07. The van der Waals surface area contributed by atoms with E-state index in [1.54, 1.807) is 7.05 Å². The van der Waals surface area contributed by atoms with Gasteiger partial charge in [-0.05, 0) is 38.5 Å². The zero-order valence-electron chi connectivity index (χ0n) is 12.6. The Morgan fingerprint density at radius 2 is 1.75 bits per heavy atom.